The van der Waals surface area contributed by atoms with E-state index in [-0.39, 0.29) is 18.4 Å². The van der Waals surface area contributed by atoms with E-state index in [1.165, 1.54) is 0 Å². The van der Waals surface area contributed by atoms with Crippen LogP contribution in [0.25, 0.3) is 0 Å². The van der Waals surface area contributed by atoms with E-state index < -0.39 is 0 Å². The van der Waals surface area contributed by atoms with Crippen molar-refractivity contribution in [3.05, 3.63) is 52.0 Å². The maximum atomic E-state index is 12.4. The monoisotopic (exact) mass is 405 g/mol. The Balaban J connectivity index is 2.06. The summed E-state index contributed by atoms with van der Waals surface area (Å²) < 4.78 is 16.5. The predicted octanol–water partition coefficient (Wildman–Crippen LogP) is 5.12. The van der Waals surface area contributed by atoms with Gasteiger partial charge < -0.3 is 19.5 Å². The average molecular weight is 406 g/mol. The van der Waals surface area contributed by atoms with Crippen molar-refractivity contribution in [2.45, 2.75) is 33.6 Å². The lowest BCUT2D eigenvalue weighted by Crippen LogP contribution is -2.21. The summed E-state index contributed by atoms with van der Waals surface area (Å²) in [5.74, 6) is 1.25. The lowest BCUT2D eigenvalue weighted by Gasteiger charge is -2.17. The van der Waals surface area contributed by atoms with Crippen LogP contribution in [-0.4, -0.2) is 32.8 Å². The lowest BCUT2D eigenvalue weighted by molar-refractivity contribution is -0.118. The Morgan fingerprint density at radius 3 is 2.50 bits per heavy atom. The number of anilines is 1. The number of hydrogen-bond donors (Lipinski definition) is 1. The first-order chi connectivity index (χ1) is 13.3. The Hall–Kier alpha value is -2.24. The van der Waals surface area contributed by atoms with Crippen LogP contribution in [0, 0.1) is 13.8 Å². The van der Waals surface area contributed by atoms with Gasteiger partial charge in [0.1, 0.15) is 18.1 Å². The minimum absolute atomic E-state index is 0.105. The Kier molecular flexibility index (Phi) is 8.15. The smallest absolute Gasteiger partial charge is 0.262 e. The van der Waals surface area contributed by atoms with Crippen molar-refractivity contribution in [2.75, 3.05) is 32.2 Å². The molecule has 5 nitrogen and oxygen atoms in total. The summed E-state index contributed by atoms with van der Waals surface area (Å²) in [6.45, 7) is 8.77. The third-order valence-electron chi connectivity index (χ3n) is 4.23. The molecule has 0 aromatic heterocycles. The summed E-state index contributed by atoms with van der Waals surface area (Å²) in [4.78, 5) is 12.4. The second-order valence-electron chi connectivity index (χ2n) is 6.97. The molecule has 0 heterocycles. The van der Waals surface area contributed by atoms with Gasteiger partial charge in [-0.3, -0.25) is 4.79 Å². The average Bonchev–Trinajstić information content (AvgIpc) is 2.64. The van der Waals surface area contributed by atoms with E-state index in [0.717, 1.165) is 16.7 Å². The lowest BCUT2D eigenvalue weighted by atomic mass is 10.0. The molecule has 0 atom stereocenters. The number of halogens is 1. The maximum Gasteiger partial charge on any atom is 0.262 e. The van der Waals surface area contributed by atoms with E-state index in [9.17, 15) is 4.79 Å². The number of rotatable bonds is 9. The normalized spacial score (nSPS) is 10.8. The molecule has 152 valence electrons. The summed E-state index contributed by atoms with van der Waals surface area (Å²) in [6.07, 6.45) is 0. The van der Waals surface area contributed by atoms with Gasteiger partial charge in [0.15, 0.2) is 6.61 Å². The minimum atomic E-state index is -0.261. The van der Waals surface area contributed by atoms with E-state index in [1.807, 2.05) is 44.2 Å². The fourth-order valence-electron chi connectivity index (χ4n) is 2.66. The van der Waals surface area contributed by atoms with Gasteiger partial charge in [0.05, 0.1) is 12.3 Å². The van der Waals surface area contributed by atoms with Crippen LogP contribution in [-0.2, 0) is 9.53 Å². The molecule has 0 aliphatic carbocycles. The molecule has 0 bridgehead atoms. The molecule has 0 unspecified atom stereocenters. The van der Waals surface area contributed by atoms with Crippen LogP contribution >= 0.6 is 11.6 Å². The number of ether oxygens (including phenoxy) is 3. The van der Waals surface area contributed by atoms with Gasteiger partial charge in [0.25, 0.3) is 5.91 Å². The largest absolute Gasteiger partial charge is 0.489 e. The van der Waals surface area contributed by atoms with Crippen molar-refractivity contribution in [3.63, 3.8) is 0 Å². The molecular formula is C22H28ClNO4. The van der Waals surface area contributed by atoms with E-state index in [2.05, 4.69) is 19.2 Å². The zero-order valence-electron chi connectivity index (χ0n) is 17.1. The number of methoxy groups -OCH3 is 1. The van der Waals surface area contributed by atoms with Gasteiger partial charge in [-0.1, -0.05) is 31.5 Å². The van der Waals surface area contributed by atoms with E-state index >= 15 is 0 Å². The summed E-state index contributed by atoms with van der Waals surface area (Å²) >= 11 is 6.22. The molecule has 1 N–H and O–H groups in total. The van der Waals surface area contributed by atoms with Crippen LogP contribution in [0.15, 0.2) is 30.3 Å². The molecule has 2 aromatic carbocycles. The fourth-order valence-corrected chi connectivity index (χ4v) is 2.84. The highest BCUT2D eigenvalue weighted by molar-refractivity contribution is 6.31. The molecule has 0 fully saturated rings. The third-order valence-corrected chi connectivity index (χ3v) is 4.64. The molecule has 0 radical (unpaired) electrons. The van der Waals surface area contributed by atoms with E-state index in [4.69, 9.17) is 25.8 Å². The molecule has 0 aliphatic heterocycles. The first kappa shape index (κ1) is 22.1. The summed E-state index contributed by atoms with van der Waals surface area (Å²) in [7, 11) is 1.61. The zero-order valence-corrected chi connectivity index (χ0v) is 17.9. The van der Waals surface area contributed by atoms with Crippen molar-refractivity contribution in [2.24, 2.45) is 0 Å². The first-order valence-electron chi connectivity index (χ1n) is 9.27. The van der Waals surface area contributed by atoms with Gasteiger partial charge in [0, 0.05) is 12.1 Å². The number of hydrogen-bond acceptors (Lipinski definition) is 4. The maximum absolute atomic E-state index is 12.4. The van der Waals surface area contributed by atoms with Crippen LogP contribution in [0.3, 0.4) is 0 Å². The molecule has 0 spiro atoms. The molecule has 6 heteroatoms. The quantitative estimate of drug-likeness (QED) is 0.588. The van der Waals surface area contributed by atoms with Crippen LogP contribution in [0.4, 0.5) is 5.69 Å². The van der Waals surface area contributed by atoms with Gasteiger partial charge in [-0.25, -0.2) is 0 Å². The number of amides is 1. The SMILES string of the molecule is COCCOc1cc(C)ccc1NC(=O)COc1cc(C)c(Cl)cc1C(C)C. The van der Waals surface area contributed by atoms with Crippen molar-refractivity contribution in [3.8, 4) is 11.5 Å². The zero-order chi connectivity index (χ0) is 20.7. The summed E-state index contributed by atoms with van der Waals surface area (Å²) in [5.41, 5.74) is 3.53. The molecule has 0 aliphatic rings. The molecule has 2 aromatic rings. The standard InChI is InChI=1S/C22H28ClNO4/c1-14(2)17-12-18(23)16(4)11-20(17)28-13-22(25)24-19-7-6-15(3)10-21(19)27-9-8-26-5/h6-7,10-12,14H,8-9,13H2,1-5H3,(H,24,25). The van der Waals surface area contributed by atoms with Gasteiger partial charge in [0.2, 0.25) is 0 Å². The van der Waals surface area contributed by atoms with Crippen LogP contribution < -0.4 is 14.8 Å². The number of aryl methyl sites for hydroxylation is 2. The second-order valence-corrected chi connectivity index (χ2v) is 7.38. The summed E-state index contributed by atoms with van der Waals surface area (Å²) in [6, 6.07) is 9.39. The Morgan fingerprint density at radius 1 is 1.07 bits per heavy atom. The fraction of sp³-hybridized carbons (Fsp3) is 0.409. The Bertz CT molecular complexity index is 820. The predicted molar refractivity (Wildman–Crippen MR) is 113 cm³/mol. The number of carbonyl (C=O) groups excluding carboxylic acids is 1. The van der Waals surface area contributed by atoms with Crippen molar-refractivity contribution < 1.29 is 19.0 Å². The van der Waals surface area contributed by atoms with Gasteiger partial charge in [-0.2, -0.15) is 0 Å². The van der Waals surface area contributed by atoms with Gasteiger partial charge >= 0.3 is 0 Å². The highest BCUT2D eigenvalue weighted by atomic mass is 35.5. The summed E-state index contributed by atoms with van der Waals surface area (Å²) in [5, 5.41) is 3.55. The van der Waals surface area contributed by atoms with Gasteiger partial charge in [-0.15, -0.1) is 0 Å². The van der Waals surface area contributed by atoms with Crippen molar-refractivity contribution in [1.29, 1.82) is 0 Å². The van der Waals surface area contributed by atoms with Gasteiger partial charge in [-0.05, 0) is 60.7 Å². The number of nitrogens with one attached hydrogen (secondary N) is 1. The number of benzene rings is 2. The molecular weight excluding hydrogens is 378 g/mol. The van der Waals surface area contributed by atoms with Crippen LogP contribution in [0.5, 0.6) is 11.5 Å². The topological polar surface area (TPSA) is 56.8 Å². The van der Waals surface area contributed by atoms with E-state index in [0.29, 0.717) is 35.4 Å². The highest BCUT2D eigenvalue weighted by Crippen LogP contribution is 2.32. The number of carbonyl (C=O) groups is 1. The molecule has 2 rings (SSSR count). The highest BCUT2D eigenvalue weighted by Gasteiger charge is 2.14. The molecule has 1 amide bonds. The minimum Gasteiger partial charge on any atom is -0.489 e. The second kappa shape index (κ2) is 10.3. The molecule has 0 saturated heterocycles. The van der Waals surface area contributed by atoms with Crippen molar-refractivity contribution >= 4 is 23.2 Å². The third kappa shape index (κ3) is 6.14. The Labute approximate surface area is 171 Å². The molecule has 0 saturated carbocycles. The van der Waals surface area contributed by atoms with Crippen molar-refractivity contribution in [1.82, 2.24) is 0 Å². The van der Waals surface area contributed by atoms with Crippen LogP contribution in [0.2, 0.25) is 5.02 Å². The van der Waals surface area contributed by atoms with Crippen LogP contribution in [0.1, 0.15) is 36.5 Å². The Morgan fingerprint density at radius 2 is 1.82 bits per heavy atom. The molecule has 28 heavy (non-hydrogen) atoms. The first-order valence-corrected chi connectivity index (χ1v) is 9.64. The van der Waals surface area contributed by atoms with E-state index in [1.54, 1.807) is 7.11 Å².